The molecule has 0 fully saturated rings. The Balaban J connectivity index is 1.95. The number of ether oxygens (including phenoxy) is 2. The summed E-state index contributed by atoms with van der Waals surface area (Å²) in [6.45, 7) is 3.17. The molecule has 0 radical (unpaired) electrons. The minimum atomic E-state index is 0.542. The summed E-state index contributed by atoms with van der Waals surface area (Å²) in [4.78, 5) is 11.0. The molecule has 1 aliphatic rings. The highest BCUT2D eigenvalue weighted by atomic mass is 16.5. The Morgan fingerprint density at radius 2 is 1.91 bits per heavy atom. The molecular weight excluding hydrogens is 276 g/mol. The van der Waals surface area contributed by atoms with E-state index in [9.17, 15) is 4.79 Å². The first-order chi connectivity index (χ1) is 10.8. The second-order valence-electron chi connectivity index (χ2n) is 5.15. The van der Waals surface area contributed by atoms with Gasteiger partial charge in [0.15, 0.2) is 0 Å². The van der Waals surface area contributed by atoms with Crippen molar-refractivity contribution in [3.8, 4) is 22.6 Å². The van der Waals surface area contributed by atoms with Crippen molar-refractivity contribution < 1.29 is 14.3 Å². The topological polar surface area (TPSA) is 35.5 Å². The quantitative estimate of drug-likeness (QED) is 0.796. The van der Waals surface area contributed by atoms with E-state index in [0.717, 1.165) is 40.0 Å². The number of fused-ring (bicyclic) bond motifs is 1. The minimum absolute atomic E-state index is 0.542. The van der Waals surface area contributed by atoms with E-state index in [-0.39, 0.29) is 0 Å². The van der Waals surface area contributed by atoms with Gasteiger partial charge >= 0.3 is 0 Å². The molecule has 0 spiro atoms. The molecule has 0 N–H and O–H groups in total. The van der Waals surface area contributed by atoms with Crippen LogP contribution in [0.1, 0.15) is 18.9 Å². The molecule has 3 rings (SSSR count). The molecule has 0 bridgehead atoms. The summed E-state index contributed by atoms with van der Waals surface area (Å²) in [6.07, 6.45) is 3.46. The van der Waals surface area contributed by atoms with Crippen LogP contribution in [0.3, 0.4) is 0 Å². The van der Waals surface area contributed by atoms with E-state index in [1.807, 2.05) is 49.4 Å². The zero-order valence-corrected chi connectivity index (χ0v) is 12.5. The molecule has 0 amide bonds. The number of hydrogen-bond acceptors (Lipinski definition) is 3. The Hall–Kier alpha value is -2.55. The van der Waals surface area contributed by atoms with E-state index in [0.29, 0.717) is 19.6 Å². The normalized spacial score (nSPS) is 13.4. The fourth-order valence-electron chi connectivity index (χ4n) is 2.53. The maximum Gasteiger partial charge on any atom is 0.146 e. The zero-order valence-electron chi connectivity index (χ0n) is 12.5. The SMILES string of the molecule is CCOc1ccc(-c2ccc3c(c2)C=C(C=O)CCO3)cc1. The molecule has 2 aromatic carbocycles. The molecule has 0 aliphatic carbocycles. The van der Waals surface area contributed by atoms with E-state index in [2.05, 4.69) is 6.07 Å². The number of rotatable bonds is 4. The Bertz CT molecular complexity index is 699. The fourth-order valence-corrected chi connectivity index (χ4v) is 2.53. The van der Waals surface area contributed by atoms with Crippen LogP contribution < -0.4 is 9.47 Å². The van der Waals surface area contributed by atoms with Gasteiger partial charge in [-0.1, -0.05) is 18.2 Å². The Labute approximate surface area is 130 Å². The van der Waals surface area contributed by atoms with Crippen LogP contribution in [0, 0.1) is 0 Å². The smallest absolute Gasteiger partial charge is 0.146 e. The lowest BCUT2D eigenvalue weighted by atomic mass is 10.0. The summed E-state index contributed by atoms with van der Waals surface area (Å²) in [6, 6.07) is 14.1. The summed E-state index contributed by atoms with van der Waals surface area (Å²) >= 11 is 0. The van der Waals surface area contributed by atoms with E-state index in [1.165, 1.54) is 0 Å². The second kappa shape index (κ2) is 6.48. The number of benzene rings is 2. The van der Waals surface area contributed by atoms with Gasteiger partial charge in [0.2, 0.25) is 0 Å². The maximum absolute atomic E-state index is 11.0. The van der Waals surface area contributed by atoms with Crippen LogP contribution in [-0.4, -0.2) is 19.5 Å². The number of hydrogen-bond donors (Lipinski definition) is 0. The standard InChI is InChI=1S/C19H18O3/c1-2-21-18-6-3-15(4-7-18)16-5-8-19-17(12-16)11-14(13-20)9-10-22-19/h3-8,11-13H,2,9-10H2,1H3. The van der Waals surface area contributed by atoms with E-state index >= 15 is 0 Å². The zero-order chi connectivity index (χ0) is 15.4. The van der Waals surface area contributed by atoms with Crippen LogP contribution in [0.25, 0.3) is 17.2 Å². The van der Waals surface area contributed by atoms with Crippen molar-refractivity contribution in [2.24, 2.45) is 0 Å². The maximum atomic E-state index is 11.0. The molecule has 1 heterocycles. The summed E-state index contributed by atoms with van der Waals surface area (Å²) < 4.78 is 11.2. The lowest BCUT2D eigenvalue weighted by Gasteiger charge is -2.09. The van der Waals surface area contributed by atoms with Crippen LogP contribution in [0.15, 0.2) is 48.0 Å². The minimum Gasteiger partial charge on any atom is -0.494 e. The summed E-state index contributed by atoms with van der Waals surface area (Å²) in [5.41, 5.74) is 3.92. The van der Waals surface area contributed by atoms with Gasteiger partial charge in [0, 0.05) is 12.0 Å². The van der Waals surface area contributed by atoms with Gasteiger partial charge < -0.3 is 9.47 Å². The second-order valence-corrected chi connectivity index (χ2v) is 5.15. The monoisotopic (exact) mass is 294 g/mol. The Morgan fingerprint density at radius 3 is 2.64 bits per heavy atom. The molecule has 3 heteroatoms. The van der Waals surface area contributed by atoms with E-state index in [1.54, 1.807) is 0 Å². The third kappa shape index (κ3) is 3.03. The largest absolute Gasteiger partial charge is 0.494 e. The molecule has 0 aromatic heterocycles. The van der Waals surface area contributed by atoms with Crippen molar-refractivity contribution in [3.05, 3.63) is 53.6 Å². The molecular formula is C19H18O3. The molecule has 112 valence electrons. The Morgan fingerprint density at radius 1 is 1.14 bits per heavy atom. The van der Waals surface area contributed by atoms with Gasteiger partial charge in [-0.25, -0.2) is 0 Å². The molecule has 0 atom stereocenters. The summed E-state index contributed by atoms with van der Waals surface area (Å²) in [5.74, 6) is 1.69. The van der Waals surface area contributed by atoms with Gasteiger partial charge in [0.05, 0.1) is 13.2 Å². The van der Waals surface area contributed by atoms with Crippen LogP contribution in [0.5, 0.6) is 11.5 Å². The van der Waals surface area contributed by atoms with Gasteiger partial charge in [-0.15, -0.1) is 0 Å². The fraction of sp³-hybridized carbons (Fsp3) is 0.211. The van der Waals surface area contributed by atoms with Crippen LogP contribution in [0.2, 0.25) is 0 Å². The van der Waals surface area contributed by atoms with Crippen molar-refractivity contribution in [2.45, 2.75) is 13.3 Å². The van der Waals surface area contributed by atoms with Crippen molar-refractivity contribution in [1.82, 2.24) is 0 Å². The lowest BCUT2D eigenvalue weighted by Crippen LogP contribution is -1.97. The van der Waals surface area contributed by atoms with Crippen molar-refractivity contribution >= 4 is 12.4 Å². The Kier molecular flexibility index (Phi) is 4.24. The molecule has 1 aliphatic heterocycles. The first kappa shape index (κ1) is 14.4. The van der Waals surface area contributed by atoms with Crippen molar-refractivity contribution in [1.29, 1.82) is 0 Å². The van der Waals surface area contributed by atoms with Crippen LogP contribution in [-0.2, 0) is 4.79 Å². The van der Waals surface area contributed by atoms with Crippen molar-refractivity contribution in [3.63, 3.8) is 0 Å². The highest BCUT2D eigenvalue weighted by molar-refractivity contribution is 5.84. The van der Waals surface area contributed by atoms with Gasteiger partial charge in [0.25, 0.3) is 0 Å². The summed E-state index contributed by atoms with van der Waals surface area (Å²) in [7, 11) is 0. The van der Waals surface area contributed by atoms with Gasteiger partial charge in [-0.05, 0) is 54.0 Å². The molecule has 22 heavy (non-hydrogen) atoms. The molecule has 3 nitrogen and oxygen atoms in total. The van der Waals surface area contributed by atoms with Crippen molar-refractivity contribution in [2.75, 3.05) is 13.2 Å². The lowest BCUT2D eigenvalue weighted by molar-refractivity contribution is -0.105. The number of carbonyl (C=O) groups excluding carboxylic acids is 1. The first-order valence-corrected chi connectivity index (χ1v) is 7.46. The molecule has 0 saturated heterocycles. The predicted molar refractivity (Wildman–Crippen MR) is 87.2 cm³/mol. The number of carbonyl (C=O) groups is 1. The molecule has 0 saturated carbocycles. The van der Waals surface area contributed by atoms with E-state index < -0.39 is 0 Å². The van der Waals surface area contributed by atoms with Gasteiger partial charge in [0.1, 0.15) is 17.8 Å². The highest BCUT2D eigenvalue weighted by Gasteiger charge is 2.10. The predicted octanol–water partition coefficient (Wildman–Crippen LogP) is 4.12. The highest BCUT2D eigenvalue weighted by Crippen LogP contribution is 2.31. The third-order valence-corrected chi connectivity index (χ3v) is 3.65. The molecule has 2 aromatic rings. The average molecular weight is 294 g/mol. The van der Waals surface area contributed by atoms with Crippen LogP contribution in [0.4, 0.5) is 0 Å². The van der Waals surface area contributed by atoms with Gasteiger partial charge in [-0.3, -0.25) is 4.79 Å². The first-order valence-electron chi connectivity index (χ1n) is 7.46. The number of aldehydes is 1. The van der Waals surface area contributed by atoms with Crippen LogP contribution >= 0.6 is 0 Å². The summed E-state index contributed by atoms with van der Waals surface area (Å²) in [5, 5.41) is 0. The van der Waals surface area contributed by atoms with E-state index in [4.69, 9.17) is 9.47 Å². The molecule has 0 unspecified atom stereocenters. The van der Waals surface area contributed by atoms with Gasteiger partial charge in [-0.2, -0.15) is 0 Å². The third-order valence-electron chi connectivity index (χ3n) is 3.65. The average Bonchev–Trinajstić information content (AvgIpc) is 2.77.